The minimum atomic E-state index is -1.07. The topological polar surface area (TPSA) is 87.8 Å². The number of hydrogen-bond acceptors (Lipinski definition) is 6. The summed E-state index contributed by atoms with van der Waals surface area (Å²) in [7, 11) is 1.58. The number of aromatic carboxylic acids is 1. The Labute approximate surface area is 175 Å². The van der Waals surface area contributed by atoms with Crippen LogP contribution in [0, 0.1) is 12.8 Å². The fourth-order valence-corrected chi connectivity index (χ4v) is 3.85. The van der Waals surface area contributed by atoms with Gasteiger partial charge in [-0.2, -0.15) is 0 Å². The van der Waals surface area contributed by atoms with Crippen LogP contribution in [-0.2, 0) is 0 Å². The Kier molecular flexibility index (Phi) is 5.61. The molecule has 2 N–H and O–H groups in total. The van der Waals surface area contributed by atoms with Crippen LogP contribution in [0.25, 0.3) is 11.3 Å². The summed E-state index contributed by atoms with van der Waals surface area (Å²) in [6.45, 7) is 4.63. The van der Waals surface area contributed by atoms with Crippen molar-refractivity contribution in [1.82, 2.24) is 5.16 Å². The summed E-state index contributed by atoms with van der Waals surface area (Å²) in [5.74, 6) is 0.515. The van der Waals surface area contributed by atoms with E-state index in [1.807, 2.05) is 0 Å². The van der Waals surface area contributed by atoms with Crippen molar-refractivity contribution in [3.05, 3.63) is 59.7 Å². The average molecular weight is 407 g/mol. The van der Waals surface area contributed by atoms with Gasteiger partial charge in [0.2, 0.25) is 0 Å². The summed E-state index contributed by atoms with van der Waals surface area (Å²) in [4.78, 5) is 14.3. The third-order valence-electron chi connectivity index (χ3n) is 5.47. The molecule has 0 radical (unpaired) electrons. The zero-order valence-corrected chi connectivity index (χ0v) is 17.1. The van der Waals surface area contributed by atoms with Crippen molar-refractivity contribution in [3.8, 4) is 17.1 Å². The molecule has 0 aliphatic carbocycles. The van der Waals surface area contributed by atoms with Crippen LogP contribution in [0.3, 0.4) is 0 Å². The maximum atomic E-state index is 11.9. The molecule has 30 heavy (non-hydrogen) atoms. The van der Waals surface area contributed by atoms with Crippen molar-refractivity contribution in [2.45, 2.75) is 13.3 Å². The molecule has 2 aromatic carbocycles. The molecule has 1 saturated heterocycles. The number of anilines is 2. The number of methoxy groups -OCH3 is 1. The molecule has 1 atom stereocenters. The second-order valence-electron chi connectivity index (χ2n) is 7.59. The van der Waals surface area contributed by atoms with E-state index in [0.717, 1.165) is 19.5 Å². The molecule has 0 spiro atoms. The molecule has 1 fully saturated rings. The number of nitrogens with one attached hydrogen (secondary N) is 1. The highest BCUT2D eigenvalue weighted by molar-refractivity contribution is 5.99. The summed E-state index contributed by atoms with van der Waals surface area (Å²) < 4.78 is 10.5. The van der Waals surface area contributed by atoms with E-state index < -0.39 is 5.97 Å². The number of carbonyl (C=O) groups is 1. The van der Waals surface area contributed by atoms with Crippen LogP contribution >= 0.6 is 0 Å². The van der Waals surface area contributed by atoms with Gasteiger partial charge in [-0.15, -0.1) is 0 Å². The zero-order chi connectivity index (χ0) is 21.1. The van der Waals surface area contributed by atoms with Crippen LogP contribution in [0.1, 0.15) is 22.3 Å². The summed E-state index contributed by atoms with van der Waals surface area (Å²) in [5.41, 5.74) is 3.16. The van der Waals surface area contributed by atoms with E-state index in [-0.39, 0.29) is 17.1 Å². The van der Waals surface area contributed by atoms with Gasteiger partial charge in [0.15, 0.2) is 17.1 Å². The SMILES string of the molecule is COc1ccc(-c2onc(NCC3CCN(c4cccc(C)c4)C3)c2C(=O)O)cc1. The molecule has 0 amide bonds. The van der Waals surface area contributed by atoms with Crippen molar-refractivity contribution in [2.24, 2.45) is 5.92 Å². The van der Waals surface area contributed by atoms with E-state index in [1.54, 1.807) is 31.4 Å². The highest BCUT2D eigenvalue weighted by atomic mass is 16.5. The maximum Gasteiger partial charge on any atom is 0.343 e. The highest BCUT2D eigenvalue weighted by Crippen LogP contribution is 2.31. The average Bonchev–Trinajstić information content (AvgIpc) is 3.39. The summed E-state index contributed by atoms with van der Waals surface area (Å²) in [6, 6.07) is 15.5. The molecule has 3 aromatic rings. The molecule has 0 saturated carbocycles. The first-order valence-corrected chi connectivity index (χ1v) is 9.98. The van der Waals surface area contributed by atoms with Gasteiger partial charge in [0.1, 0.15) is 5.75 Å². The molecule has 2 heterocycles. The monoisotopic (exact) mass is 407 g/mol. The third-order valence-corrected chi connectivity index (χ3v) is 5.47. The first-order valence-electron chi connectivity index (χ1n) is 9.98. The third kappa shape index (κ3) is 4.10. The summed E-state index contributed by atoms with van der Waals surface area (Å²) in [6.07, 6.45) is 1.03. The van der Waals surface area contributed by atoms with E-state index in [1.165, 1.54) is 11.3 Å². The number of hydrogen-bond donors (Lipinski definition) is 2. The minimum Gasteiger partial charge on any atom is -0.497 e. The Morgan fingerprint density at radius 1 is 1.30 bits per heavy atom. The Hall–Kier alpha value is -3.48. The van der Waals surface area contributed by atoms with Gasteiger partial charge in [0.05, 0.1) is 7.11 Å². The van der Waals surface area contributed by atoms with Crippen molar-refractivity contribution < 1.29 is 19.2 Å². The van der Waals surface area contributed by atoms with Gasteiger partial charge in [-0.25, -0.2) is 4.79 Å². The lowest BCUT2D eigenvalue weighted by Crippen LogP contribution is -2.22. The van der Waals surface area contributed by atoms with Crippen LogP contribution in [0.5, 0.6) is 5.75 Å². The molecule has 4 rings (SSSR count). The summed E-state index contributed by atoms with van der Waals surface area (Å²) in [5, 5.41) is 16.9. The van der Waals surface area contributed by atoms with E-state index in [0.29, 0.717) is 23.8 Å². The Bertz CT molecular complexity index is 1030. The summed E-state index contributed by atoms with van der Waals surface area (Å²) >= 11 is 0. The standard InChI is InChI=1S/C23H25N3O4/c1-15-4-3-5-18(12-15)26-11-10-16(14-26)13-24-22-20(23(27)28)21(30-25-22)17-6-8-19(29-2)9-7-17/h3-9,12,16H,10-11,13-14H2,1-2H3,(H,24,25)(H,27,28). The molecule has 7 heteroatoms. The number of benzene rings is 2. The second-order valence-corrected chi connectivity index (χ2v) is 7.59. The largest absolute Gasteiger partial charge is 0.497 e. The van der Waals surface area contributed by atoms with Gasteiger partial charge in [-0.1, -0.05) is 17.3 Å². The molecular formula is C23H25N3O4. The second kappa shape index (κ2) is 8.49. The number of rotatable bonds is 7. The van der Waals surface area contributed by atoms with Crippen molar-refractivity contribution >= 4 is 17.5 Å². The predicted molar refractivity (Wildman–Crippen MR) is 115 cm³/mol. The molecular weight excluding hydrogens is 382 g/mol. The Morgan fingerprint density at radius 3 is 2.80 bits per heavy atom. The van der Waals surface area contributed by atoms with Gasteiger partial charge in [-0.05, 0) is 61.2 Å². The van der Waals surface area contributed by atoms with Crippen LogP contribution in [0.2, 0.25) is 0 Å². The van der Waals surface area contributed by atoms with E-state index in [2.05, 4.69) is 46.6 Å². The van der Waals surface area contributed by atoms with Gasteiger partial charge >= 0.3 is 5.97 Å². The fourth-order valence-electron chi connectivity index (χ4n) is 3.85. The van der Waals surface area contributed by atoms with Gasteiger partial charge in [0, 0.05) is 30.9 Å². The molecule has 156 valence electrons. The van der Waals surface area contributed by atoms with Crippen molar-refractivity contribution in [3.63, 3.8) is 0 Å². The number of aryl methyl sites for hydroxylation is 1. The quantitative estimate of drug-likeness (QED) is 0.604. The normalized spacial score (nSPS) is 15.9. The van der Waals surface area contributed by atoms with Gasteiger partial charge in [0.25, 0.3) is 0 Å². The highest BCUT2D eigenvalue weighted by Gasteiger charge is 2.27. The molecule has 1 aliphatic rings. The number of aromatic nitrogens is 1. The number of nitrogens with zero attached hydrogens (tertiary/aromatic N) is 2. The number of ether oxygens (including phenoxy) is 1. The van der Waals surface area contributed by atoms with E-state index in [4.69, 9.17) is 9.26 Å². The number of carboxylic acid groups (broad SMARTS) is 1. The molecule has 1 unspecified atom stereocenters. The van der Waals surface area contributed by atoms with Gasteiger partial charge in [-0.3, -0.25) is 0 Å². The van der Waals surface area contributed by atoms with E-state index in [9.17, 15) is 9.90 Å². The van der Waals surface area contributed by atoms with Crippen molar-refractivity contribution in [1.29, 1.82) is 0 Å². The first-order chi connectivity index (χ1) is 14.5. The van der Waals surface area contributed by atoms with Crippen LogP contribution in [0.15, 0.2) is 53.1 Å². The lowest BCUT2D eigenvalue weighted by molar-refractivity contribution is 0.0698. The molecule has 1 aliphatic heterocycles. The molecule has 1 aromatic heterocycles. The minimum absolute atomic E-state index is 0.0497. The Morgan fingerprint density at radius 2 is 2.10 bits per heavy atom. The van der Waals surface area contributed by atoms with Crippen molar-refractivity contribution in [2.75, 3.05) is 37.0 Å². The lowest BCUT2D eigenvalue weighted by Gasteiger charge is -2.19. The molecule has 7 nitrogen and oxygen atoms in total. The van der Waals surface area contributed by atoms with Crippen LogP contribution < -0.4 is 15.0 Å². The first kappa shape index (κ1) is 19.8. The fraction of sp³-hybridized carbons (Fsp3) is 0.304. The number of carboxylic acids is 1. The van der Waals surface area contributed by atoms with Crippen LogP contribution in [0.4, 0.5) is 11.5 Å². The smallest absolute Gasteiger partial charge is 0.343 e. The predicted octanol–water partition coefficient (Wildman–Crippen LogP) is 4.30. The zero-order valence-electron chi connectivity index (χ0n) is 17.1. The Balaban J connectivity index is 1.45. The van der Waals surface area contributed by atoms with Gasteiger partial charge < -0.3 is 24.6 Å². The van der Waals surface area contributed by atoms with E-state index >= 15 is 0 Å². The van der Waals surface area contributed by atoms with Crippen LogP contribution in [-0.4, -0.2) is 43.0 Å². The molecule has 0 bridgehead atoms. The lowest BCUT2D eigenvalue weighted by atomic mass is 10.1. The maximum absolute atomic E-state index is 11.9.